The predicted molar refractivity (Wildman–Crippen MR) is 70.0 cm³/mol. The average Bonchev–Trinajstić information content (AvgIpc) is 2.41. The van der Waals surface area contributed by atoms with Gasteiger partial charge in [0, 0.05) is 17.6 Å². The van der Waals surface area contributed by atoms with Gasteiger partial charge in [0.1, 0.15) is 11.6 Å². The highest BCUT2D eigenvalue weighted by molar-refractivity contribution is 6.04. The molecule has 0 heterocycles. The van der Waals surface area contributed by atoms with Crippen molar-refractivity contribution in [3.8, 4) is 17.6 Å². The molecule has 0 aromatic heterocycles. The number of hydrogen-bond donors (Lipinski definition) is 2. The molecule has 0 fully saturated rings. The summed E-state index contributed by atoms with van der Waals surface area (Å²) >= 11 is 0. The van der Waals surface area contributed by atoms with Crippen LogP contribution in [0.2, 0.25) is 0 Å². The fourth-order valence-corrected chi connectivity index (χ4v) is 1.41. The van der Waals surface area contributed by atoms with Crippen molar-refractivity contribution < 1.29 is 14.3 Å². The number of carbonyl (C=O) groups excluding carboxylic acids is 1. The third-order valence-electron chi connectivity index (χ3n) is 2.30. The van der Waals surface area contributed by atoms with E-state index in [-0.39, 0.29) is 11.4 Å². The quantitative estimate of drug-likeness (QED) is 0.607. The normalized spacial score (nSPS) is 9.32. The average molecular weight is 255 g/mol. The van der Waals surface area contributed by atoms with Crippen LogP contribution in [0.4, 0.5) is 10.1 Å². The van der Waals surface area contributed by atoms with Gasteiger partial charge in [-0.1, -0.05) is 24.1 Å². The summed E-state index contributed by atoms with van der Waals surface area (Å²) in [6, 6.07) is 12.5. The van der Waals surface area contributed by atoms with Crippen LogP contribution in [0.15, 0.2) is 48.5 Å². The van der Waals surface area contributed by atoms with Crippen molar-refractivity contribution in [2.45, 2.75) is 0 Å². The summed E-state index contributed by atoms with van der Waals surface area (Å²) in [6.45, 7) is 0. The third kappa shape index (κ3) is 3.58. The smallest absolute Gasteiger partial charge is 0.300 e. The molecule has 0 aliphatic carbocycles. The zero-order chi connectivity index (χ0) is 13.7. The Hall–Kier alpha value is -2.80. The molecular formula is C15H10FNO2. The summed E-state index contributed by atoms with van der Waals surface area (Å²) in [5.74, 6) is 3.49. The number of halogens is 1. The van der Waals surface area contributed by atoms with Crippen LogP contribution < -0.4 is 5.32 Å². The molecule has 0 bridgehead atoms. The standard InChI is InChI=1S/C15H10FNO2/c16-13-10-12(18)7-8-14(13)17-15(19)9-6-11-4-2-1-3-5-11/h1-5,7-8,10,18H,(H,17,19). The second kappa shape index (κ2) is 5.69. The van der Waals surface area contributed by atoms with Gasteiger partial charge >= 0.3 is 5.91 Å². The van der Waals surface area contributed by atoms with E-state index >= 15 is 0 Å². The Labute approximate surface area is 109 Å². The molecule has 1 amide bonds. The van der Waals surface area contributed by atoms with Crippen LogP contribution in [-0.4, -0.2) is 11.0 Å². The highest BCUT2D eigenvalue weighted by Gasteiger charge is 2.05. The maximum Gasteiger partial charge on any atom is 0.300 e. The minimum absolute atomic E-state index is 0.0230. The Morgan fingerprint density at radius 2 is 1.89 bits per heavy atom. The summed E-state index contributed by atoms with van der Waals surface area (Å²) in [6.07, 6.45) is 0. The molecule has 3 nitrogen and oxygen atoms in total. The van der Waals surface area contributed by atoms with Gasteiger partial charge in [-0.05, 0) is 24.3 Å². The van der Waals surface area contributed by atoms with E-state index in [0.29, 0.717) is 5.56 Å². The van der Waals surface area contributed by atoms with Gasteiger partial charge in [0.25, 0.3) is 0 Å². The number of benzene rings is 2. The van der Waals surface area contributed by atoms with E-state index in [9.17, 15) is 9.18 Å². The minimum Gasteiger partial charge on any atom is -0.508 e. The van der Waals surface area contributed by atoms with Crippen LogP contribution in [-0.2, 0) is 4.79 Å². The lowest BCUT2D eigenvalue weighted by Gasteiger charge is -2.02. The van der Waals surface area contributed by atoms with E-state index < -0.39 is 11.7 Å². The van der Waals surface area contributed by atoms with Gasteiger partial charge in [0.05, 0.1) is 5.69 Å². The molecular weight excluding hydrogens is 245 g/mol. The summed E-state index contributed by atoms with van der Waals surface area (Å²) < 4.78 is 13.4. The molecule has 0 unspecified atom stereocenters. The maximum atomic E-state index is 13.4. The van der Waals surface area contributed by atoms with Crippen LogP contribution in [0.25, 0.3) is 0 Å². The topological polar surface area (TPSA) is 49.3 Å². The Morgan fingerprint density at radius 3 is 2.58 bits per heavy atom. The second-order valence-corrected chi connectivity index (χ2v) is 3.73. The number of carbonyl (C=O) groups is 1. The molecule has 4 heteroatoms. The molecule has 0 aliphatic rings. The molecule has 94 valence electrons. The van der Waals surface area contributed by atoms with Crippen LogP contribution in [0.1, 0.15) is 5.56 Å². The second-order valence-electron chi connectivity index (χ2n) is 3.73. The van der Waals surface area contributed by atoms with Crippen molar-refractivity contribution >= 4 is 11.6 Å². The first kappa shape index (κ1) is 12.7. The van der Waals surface area contributed by atoms with Gasteiger partial charge in [-0.2, -0.15) is 0 Å². The summed E-state index contributed by atoms with van der Waals surface area (Å²) in [5.41, 5.74) is 0.675. The molecule has 19 heavy (non-hydrogen) atoms. The van der Waals surface area contributed by atoms with Crippen molar-refractivity contribution in [2.75, 3.05) is 5.32 Å². The summed E-state index contributed by atoms with van der Waals surface area (Å²) in [5, 5.41) is 11.4. The van der Waals surface area contributed by atoms with E-state index in [1.807, 2.05) is 18.2 Å². The zero-order valence-corrected chi connectivity index (χ0v) is 9.85. The Balaban J connectivity index is 2.08. The molecule has 2 aromatic rings. The number of aromatic hydroxyl groups is 1. The zero-order valence-electron chi connectivity index (χ0n) is 9.85. The Kier molecular flexibility index (Phi) is 3.79. The third-order valence-corrected chi connectivity index (χ3v) is 2.30. The van der Waals surface area contributed by atoms with Gasteiger partial charge in [0.15, 0.2) is 0 Å². The molecule has 0 aliphatic heterocycles. The van der Waals surface area contributed by atoms with E-state index in [1.165, 1.54) is 12.1 Å². The molecule has 2 N–H and O–H groups in total. The Bertz CT molecular complexity index is 657. The van der Waals surface area contributed by atoms with Gasteiger partial charge < -0.3 is 10.4 Å². The van der Waals surface area contributed by atoms with E-state index in [0.717, 1.165) is 6.07 Å². The van der Waals surface area contributed by atoms with E-state index in [1.54, 1.807) is 12.1 Å². The fourth-order valence-electron chi connectivity index (χ4n) is 1.41. The number of hydrogen-bond acceptors (Lipinski definition) is 2. The monoisotopic (exact) mass is 255 g/mol. The van der Waals surface area contributed by atoms with Crippen molar-refractivity contribution in [3.05, 3.63) is 59.9 Å². The molecule has 0 atom stereocenters. The lowest BCUT2D eigenvalue weighted by atomic mass is 10.2. The van der Waals surface area contributed by atoms with Crippen LogP contribution in [0.3, 0.4) is 0 Å². The Morgan fingerprint density at radius 1 is 1.16 bits per heavy atom. The number of amides is 1. The first-order valence-electron chi connectivity index (χ1n) is 5.52. The van der Waals surface area contributed by atoms with Gasteiger partial charge in [-0.25, -0.2) is 4.39 Å². The number of phenols is 1. The molecule has 0 spiro atoms. The molecule has 0 saturated heterocycles. The first-order valence-corrected chi connectivity index (χ1v) is 5.52. The van der Waals surface area contributed by atoms with E-state index in [4.69, 9.17) is 5.11 Å². The molecule has 0 saturated carbocycles. The molecule has 0 radical (unpaired) electrons. The van der Waals surface area contributed by atoms with Crippen molar-refractivity contribution in [3.63, 3.8) is 0 Å². The van der Waals surface area contributed by atoms with Crippen molar-refractivity contribution in [1.29, 1.82) is 0 Å². The van der Waals surface area contributed by atoms with Gasteiger partial charge in [-0.15, -0.1) is 0 Å². The van der Waals surface area contributed by atoms with Crippen LogP contribution in [0, 0.1) is 17.7 Å². The van der Waals surface area contributed by atoms with E-state index in [2.05, 4.69) is 17.2 Å². The largest absolute Gasteiger partial charge is 0.508 e. The number of phenolic OH excluding ortho intramolecular Hbond substituents is 1. The first-order chi connectivity index (χ1) is 9.15. The number of rotatable bonds is 1. The summed E-state index contributed by atoms with van der Waals surface area (Å²) in [7, 11) is 0. The minimum atomic E-state index is -0.713. The van der Waals surface area contributed by atoms with Crippen molar-refractivity contribution in [1.82, 2.24) is 0 Å². The van der Waals surface area contributed by atoms with Crippen LogP contribution >= 0.6 is 0 Å². The highest BCUT2D eigenvalue weighted by Crippen LogP contribution is 2.18. The maximum absolute atomic E-state index is 13.4. The molecule has 2 aromatic carbocycles. The fraction of sp³-hybridized carbons (Fsp3) is 0. The predicted octanol–water partition coefficient (Wildman–Crippen LogP) is 2.52. The highest BCUT2D eigenvalue weighted by atomic mass is 19.1. The molecule has 2 rings (SSSR count). The van der Waals surface area contributed by atoms with Gasteiger partial charge in [0.2, 0.25) is 0 Å². The van der Waals surface area contributed by atoms with Crippen molar-refractivity contribution in [2.24, 2.45) is 0 Å². The SMILES string of the molecule is O=C(C#Cc1ccccc1)Nc1ccc(O)cc1F. The lowest BCUT2D eigenvalue weighted by molar-refractivity contribution is -0.111. The van der Waals surface area contributed by atoms with Crippen LogP contribution in [0.5, 0.6) is 5.75 Å². The lowest BCUT2D eigenvalue weighted by Crippen LogP contribution is -2.09. The van der Waals surface area contributed by atoms with Gasteiger partial charge in [-0.3, -0.25) is 4.79 Å². The number of nitrogens with one attached hydrogen (secondary N) is 1. The summed E-state index contributed by atoms with van der Waals surface area (Å²) in [4.78, 5) is 11.5. The number of anilines is 1.